The van der Waals surface area contributed by atoms with Crippen molar-refractivity contribution in [2.75, 3.05) is 13.6 Å². The summed E-state index contributed by atoms with van der Waals surface area (Å²) >= 11 is 0. The molecule has 1 atom stereocenters. The van der Waals surface area contributed by atoms with E-state index >= 15 is 0 Å². The molecular formula is C13H17F3N2O. The summed E-state index contributed by atoms with van der Waals surface area (Å²) in [6, 6.07) is 4.93. The first kappa shape index (κ1) is 15.5. The van der Waals surface area contributed by atoms with Gasteiger partial charge in [0.2, 0.25) is 5.91 Å². The topological polar surface area (TPSA) is 41.1 Å². The van der Waals surface area contributed by atoms with Crippen molar-refractivity contribution in [2.24, 2.45) is 0 Å². The van der Waals surface area contributed by atoms with Crippen LogP contribution in [0.25, 0.3) is 0 Å². The van der Waals surface area contributed by atoms with Gasteiger partial charge >= 0.3 is 6.18 Å². The first-order valence-electron chi connectivity index (χ1n) is 5.93. The first-order valence-corrected chi connectivity index (χ1v) is 5.93. The van der Waals surface area contributed by atoms with Crippen LogP contribution in [0.5, 0.6) is 0 Å². The Balaban J connectivity index is 2.60. The molecule has 1 aromatic rings. The van der Waals surface area contributed by atoms with Gasteiger partial charge in [-0.25, -0.2) is 0 Å². The number of benzene rings is 1. The number of hydrogen-bond donors (Lipinski definition) is 2. The maximum Gasteiger partial charge on any atom is 0.416 e. The molecule has 0 radical (unpaired) electrons. The molecule has 0 heterocycles. The molecule has 0 aliphatic carbocycles. The van der Waals surface area contributed by atoms with Crippen LogP contribution in [0.3, 0.4) is 0 Å². The van der Waals surface area contributed by atoms with E-state index in [-0.39, 0.29) is 18.4 Å². The number of nitrogens with one attached hydrogen (secondary N) is 2. The van der Waals surface area contributed by atoms with Gasteiger partial charge < -0.3 is 10.6 Å². The van der Waals surface area contributed by atoms with Crippen LogP contribution in [0.15, 0.2) is 24.3 Å². The largest absolute Gasteiger partial charge is 0.416 e. The molecule has 1 aromatic carbocycles. The van der Waals surface area contributed by atoms with Crippen molar-refractivity contribution in [1.29, 1.82) is 0 Å². The van der Waals surface area contributed by atoms with Gasteiger partial charge in [-0.1, -0.05) is 18.2 Å². The van der Waals surface area contributed by atoms with Crippen molar-refractivity contribution in [3.63, 3.8) is 0 Å². The summed E-state index contributed by atoms with van der Waals surface area (Å²) in [7, 11) is 1.77. The number of hydrogen-bond acceptors (Lipinski definition) is 2. The molecule has 2 N–H and O–H groups in total. The molecule has 0 saturated heterocycles. The van der Waals surface area contributed by atoms with Gasteiger partial charge in [0.15, 0.2) is 0 Å². The van der Waals surface area contributed by atoms with Crippen LogP contribution < -0.4 is 10.6 Å². The SMILES string of the molecule is CNC(C)CNC(=O)Cc1cccc(C(F)(F)F)c1. The minimum Gasteiger partial charge on any atom is -0.354 e. The highest BCUT2D eigenvalue weighted by molar-refractivity contribution is 5.78. The molecule has 6 heteroatoms. The monoisotopic (exact) mass is 274 g/mol. The zero-order valence-electron chi connectivity index (χ0n) is 10.8. The van der Waals surface area contributed by atoms with E-state index in [2.05, 4.69) is 10.6 Å². The summed E-state index contributed by atoms with van der Waals surface area (Å²) in [6.07, 6.45) is -4.44. The molecule has 1 unspecified atom stereocenters. The molecule has 19 heavy (non-hydrogen) atoms. The fraction of sp³-hybridized carbons (Fsp3) is 0.462. The Hall–Kier alpha value is -1.56. The Kier molecular flexibility index (Phi) is 5.35. The van der Waals surface area contributed by atoms with Gasteiger partial charge in [-0.2, -0.15) is 13.2 Å². The number of rotatable bonds is 5. The maximum absolute atomic E-state index is 12.5. The normalized spacial score (nSPS) is 13.1. The lowest BCUT2D eigenvalue weighted by Gasteiger charge is -2.12. The lowest BCUT2D eigenvalue weighted by atomic mass is 10.1. The molecule has 1 amide bonds. The van der Waals surface area contributed by atoms with E-state index in [0.29, 0.717) is 12.1 Å². The fourth-order valence-electron chi connectivity index (χ4n) is 1.47. The van der Waals surface area contributed by atoms with E-state index < -0.39 is 11.7 Å². The summed E-state index contributed by atoms with van der Waals surface area (Å²) in [5.74, 6) is -0.290. The van der Waals surface area contributed by atoms with Gasteiger partial charge in [0.25, 0.3) is 0 Å². The van der Waals surface area contributed by atoms with Crippen molar-refractivity contribution < 1.29 is 18.0 Å². The third-order valence-corrected chi connectivity index (χ3v) is 2.72. The van der Waals surface area contributed by atoms with Crippen molar-refractivity contribution in [1.82, 2.24) is 10.6 Å². The van der Waals surface area contributed by atoms with Crippen LogP contribution >= 0.6 is 0 Å². The molecule has 0 aliphatic rings. The maximum atomic E-state index is 12.5. The molecule has 0 saturated carbocycles. The highest BCUT2D eigenvalue weighted by Crippen LogP contribution is 2.29. The molecular weight excluding hydrogens is 257 g/mol. The van der Waals surface area contributed by atoms with Crippen molar-refractivity contribution in [2.45, 2.75) is 25.6 Å². The highest BCUT2D eigenvalue weighted by Gasteiger charge is 2.30. The van der Waals surface area contributed by atoms with Crippen LogP contribution in [-0.2, 0) is 17.4 Å². The van der Waals surface area contributed by atoms with Crippen molar-refractivity contribution >= 4 is 5.91 Å². The predicted molar refractivity (Wildman–Crippen MR) is 66.7 cm³/mol. The zero-order chi connectivity index (χ0) is 14.5. The Morgan fingerprint density at radius 2 is 2.05 bits per heavy atom. The van der Waals surface area contributed by atoms with E-state index in [1.807, 2.05) is 6.92 Å². The van der Waals surface area contributed by atoms with Crippen molar-refractivity contribution in [3.05, 3.63) is 35.4 Å². The Labute approximate surface area is 110 Å². The van der Waals surface area contributed by atoms with Crippen LogP contribution in [0.2, 0.25) is 0 Å². The van der Waals surface area contributed by atoms with Gasteiger partial charge in [0.05, 0.1) is 12.0 Å². The third-order valence-electron chi connectivity index (χ3n) is 2.72. The predicted octanol–water partition coefficient (Wildman–Crippen LogP) is 1.97. The lowest BCUT2D eigenvalue weighted by molar-refractivity contribution is -0.137. The number of halogens is 3. The molecule has 0 aliphatic heterocycles. The quantitative estimate of drug-likeness (QED) is 0.862. The number of alkyl halides is 3. The zero-order valence-corrected chi connectivity index (χ0v) is 10.8. The fourth-order valence-corrected chi connectivity index (χ4v) is 1.47. The number of carbonyl (C=O) groups is 1. The van der Waals surface area contributed by atoms with E-state index in [1.54, 1.807) is 7.05 Å². The second kappa shape index (κ2) is 6.56. The third kappa shape index (κ3) is 5.30. The highest BCUT2D eigenvalue weighted by atomic mass is 19.4. The standard InChI is InChI=1S/C13H17F3N2O/c1-9(17-2)8-18-12(19)7-10-4-3-5-11(6-10)13(14,15)16/h3-6,9,17H,7-8H2,1-2H3,(H,18,19). The molecule has 0 spiro atoms. The van der Waals surface area contributed by atoms with Crippen LogP contribution in [-0.4, -0.2) is 25.5 Å². The van der Waals surface area contributed by atoms with Crippen LogP contribution in [0.4, 0.5) is 13.2 Å². The lowest BCUT2D eigenvalue weighted by Crippen LogP contribution is -2.37. The van der Waals surface area contributed by atoms with E-state index in [0.717, 1.165) is 12.1 Å². The number of carbonyl (C=O) groups excluding carboxylic acids is 1. The minimum absolute atomic E-state index is 0.0552. The van der Waals surface area contributed by atoms with Gasteiger partial charge in [-0.3, -0.25) is 4.79 Å². The Morgan fingerprint density at radius 1 is 1.37 bits per heavy atom. The smallest absolute Gasteiger partial charge is 0.354 e. The average molecular weight is 274 g/mol. The second-order valence-electron chi connectivity index (χ2n) is 4.37. The Morgan fingerprint density at radius 3 is 2.63 bits per heavy atom. The molecule has 0 bridgehead atoms. The molecule has 1 rings (SSSR count). The summed E-state index contributed by atoms with van der Waals surface area (Å²) in [4.78, 5) is 11.6. The van der Waals surface area contributed by atoms with Gasteiger partial charge in [-0.15, -0.1) is 0 Å². The van der Waals surface area contributed by atoms with E-state index in [9.17, 15) is 18.0 Å². The molecule has 0 aromatic heterocycles. The molecule has 0 fully saturated rings. The second-order valence-corrected chi connectivity index (χ2v) is 4.37. The minimum atomic E-state index is -4.38. The van der Waals surface area contributed by atoms with Gasteiger partial charge in [-0.05, 0) is 25.6 Å². The Bertz CT molecular complexity index is 432. The van der Waals surface area contributed by atoms with Crippen LogP contribution in [0.1, 0.15) is 18.1 Å². The van der Waals surface area contributed by atoms with E-state index in [1.165, 1.54) is 12.1 Å². The van der Waals surface area contributed by atoms with Crippen LogP contribution in [0, 0.1) is 0 Å². The first-order chi connectivity index (χ1) is 8.82. The summed E-state index contributed by atoms with van der Waals surface area (Å²) in [6.45, 7) is 2.33. The van der Waals surface area contributed by atoms with Gasteiger partial charge in [0.1, 0.15) is 0 Å². The number of likely N-dealkylation sites (N-methyl/N-ethyl adjacent to an activating group) is 1. The summed E-state index contributed by atoms with van der Waals surface area (Å²) in [5, 5.41) is 5.61. The van der Waals surface area contributed by atoms with E-state index in [4.69, 9.17) is 0 Å². The van der Waals surface area contributed by atoms with Gasteiger partial charge in [0, 0.05) is 12.6 Å². The number of amides is 1. The molecule has 106 valence electrons. The van der Waals surface area contributed by atoms with Crippen molar-refractivity contribution in [3.8, 4) is 0 Å². The molecule has 3 nitrogen and oxygen atoms in total. The average Bonchev–Trinajstić information content (AvgIpc) is 2.35. The summed E-state index contributed by atoms with van der Waals surface area (Å²) < 4.78 is 37.5. The summed E-state index contributed by atoms with van der Waals surface area (Å²) in [5.41, 5.74) is -0.383.